The molecular formula is C16H20BrNO2. The molecule has 0 spiro atoms. The molecule has 0 amide bonds. The summed E-state index contributed by atoms with van der Waals surface area (Å²) >= 11 is 3.46. The zero-order valence-corrected chi connectivity index (χ0v) is 13.4. The van der Waals surface area contributed by atoms with E-state index in [1.54, 1.807) is 0 Å². The van der Waals surface area contributed by atoms with Gasteiger partial charge in [0.1, 0.15) is 17.6 Å². The van der Waals surface area contributed by atoms with Gasteiger partial charge in [0, 0.05) is 10.5 Å². The third-order valence-electron chi connectivity index (χ3n) is 3.22. The molecule has 1 aromatic carbocycles. The highest BCUT2D eigenvalue weighted by Crippen LogP contribution is 2.25. The van der Waals surface area contributed by atoms with E-state index in [0.29, 0.717) is 6.61 Å². The van der Waals surface area contributed by atoms with Gasteiger partial charge >= 0.3 is 0 Å². The molecule has 0 aliphatic heterocycles. The second-order valence-electron chi connectivity index (χ2n) is 4.88. The Bertz CT molecular complexity index is 553. The Morgan fingerprint density at radius 2 is 2.10 bits per heavy atom. The minimum Gasteiger partial charge on any atom is -0.464 e. The Morgan fingerprint density at radius 1 is 1.30 bits per heavy atom. The van der Waals surface area contributed by atoms with Crippen molar-refractivity contribution < 1.29 is 9.15 Å². The molecule has 2 rings (SSSR count). The van der Waals surface area contributed by atoms with Crippen molar-refractivity contribution in [2.75, 3.05) is 0 Å². The number of rotatable bonds is 6. The maximum Gasteiger partial charge on any atom is 0.134 e. The molecule has 0 aliphatic carbocycles. The summed E-state index contributed by atoms with van der Waals surface area (Å²) in [4.78, 5) is 0. The van der Waals surface area contributed by atoms with Gasteiger partial charge in [-0.05, 0) is 43.2 Å². The number of furan rings is 1. The zero-order valence-electron chi connectivity index (χ0n) is 11.8. The first-order chi connectivity index (χ1) is 9.60. The van der Waals surface area contributed by atoms with Crippen LogP contribution in [0.2, 0.25) is 0 Å². The van der Waals surface area contributed by atoms with Crippen molar-refractivity contribution in [1.29, 1.82) is 0 Å². The number of ether oxygens (including phenoxy) is 1. The van der Waals surface area contributed by atoms with E-state index in [0.717, 1.165) is 28.0 Å². The van der Waals surface area contributed by atoms with Gasteiger partial charge in [0.25, 0.3) is 0 Å². The van der Waals surface area contributed by atoms with Crippen LogP contribution >= 0.6 is 15.9 Å². The Hall–Kier alpha value is -1.10. The number of hydrogen-bond donors (Lipinski definition) is 1. The molecule has 0 fully saturated rings. The van der Waals surface area contributed by atoms with Crippen LogP contribution in [0.3, 0.4) is 0 Å². The van der Waals surface area contributed by atoms with Gasteiger partial charge in [0.2, 0.25) is 0 Å². The molecule has 1 aromatic heterocycles. The van der Waals surface area contributed by atoms with E-state index in [9.17, 15) is 0 Å². The van der Waals surface area contributed by atoms with E-state index in [4.69, 9.17) is 14.9 Å². The topological polar surface area (TPSA) is 48.4 Å². The quantitative estimate of drug-likeness (QED) is 0.852. The van der Waals surface area contributed by atoms with E-state index >= 15 is 0 Å². The number of aryl methyl sites for hydroxylation is 1. The molecule has 2 unspecified atom stereocenters. The van der Waals surface area contributed by atoms with Crippen LogP contribution < -0.4 is 5.73 Å². The third-order valence-corrected chi connectivity index (χ3v) is 3.71. The van der Waals surface area contributed by atoms with Gasteiger partial charge in [0.05, 0.1) is 6.61 Å². The van der Waals surface area contributed by atoms with Gasteiger partial charge in [-0.1, -0.05) is 35.0 Å². The van der Waals surface area contributed by atoms with E-state index in [1.165, 1.54) is 0 Å². The lowest BCUT2D eigenvalue weighted by Crippen LogP contribution is -2.29. The van der Waals surface area contributed by atoms with Gasteiger partial charge in [-0.2, -0.15) is 0 Å². The molecule has 0 saturated carbocycles. The SMILES string of the molecule is CCC(N)C(OCc1cccc(Br)c1)c1ccc(C)o1. The van der Waals surface area contributed by atoms with Crippen LogP contribution in [-0.4, -0.2) is 6.04 Å². The molecule has 2 N–H and O–H groups in total. The lowest BCUT2D eigenvalue weighted by Gasteiger charge is -2.21. The van der Waals surface area contributed by atoms with Gasteiger partial charge in [0.15, 0.2) is 0 Å². The standard InChI is InChI=1S/C16H20BrNO2/c1-3-14(18)16(15-8-7-11(2)20-15)19-10-12-5-4-6-13(17)9-12/h4-9,14,16H,3,10,18H2,1-2H3. The monoisotopic (exact) mass is 337 g/mol. The first-order valence-electron chi connectivity index (χ1n) is 6.78. The average Bonchev–Trinajstić information content (AvgIpc) is 2.85. The fraction of sp³-hybridized carbons (Fsp3) is 0.375. The predicted octanol–water partition coefficient (Wildman–Crippen LogP) is 4.35. The molecule has 2 atom stereocenters. The van der Waals surface area contributed by atoms with Crippen LogP contribution in [0.1, 0.15) is 36.5 Å². The van der Waals surface area contributed by atoms with Crippen molar-refractivity contribution in [3.05, 3.63) is 58.0 Å². The number of hydrogen-bond acceptors (Lipinski definition) is 3. The second kappa shape index (κ2) is 7.07. The van der Waals surface area contributed by atoms with Crippen LogP contribution in [0.25, 0.3) is 0 Å². The van der Waals surface area contributed by atoms with Crippen molar-refractivity contribution in [3.8, 4) is 0 Å². The fourth-order valence-electron chi connectivity index (χ4n) is 2.05. The summed E-state index contributed by atoms with van der Waals surface area (Å²) in [5.41, 5.74) is 7.27. The van der Waals surface area contributed by atoms with Gasteiger partial charge < -0.3 is 14.9 Å². The van der Waals surface area contributed by atoms with Crippen molar-refractivity contribution in [1.82, 2.24) is 0 Å². The molecule has 2 aromatic rings. The highest BCUT2D eigenvalue weighted by atomic mass is 79.9. The summed E-state index contributed by atoms with van der Waals surface area (Å²) in [6.45, 7) is 4.49. The van der Waals surface area contributed by atoms with E-state index in [1.807, 2.05) is 43.3 Å². The first kappa shape index (κ1) is 15.3. The predicted molar refractivity (Wildman–Crippen MR) is 83.4 cm³/mol. The summed E-state index contributed by atoms with van der Waals surface area (Å²) in [6.07, 6.45) is 0.621. The van der Waals surface area contributed by atoms with Crippen LogP contribution in [0.5, 0.6) is 0 Å². The van der Waals surface area contributed by atoms with Crippen molar-refractivity contribution in [3.63, 3.8) is 0 Å². The molecule has 0 bridgehead atoms. The Labute approximate surface area is 128 Å². The maximum absolute atomic E-state index is 6.16. The molecule has 4 heteroatoms. The zero-order chi connectivity index (χ0) is 14.5. The summed E-state index contributed by atoms with van der Waals surface area (Å²) in [5.74, 6) is 1.67. The second-order valence-corrected chi connectivity index (χ2v) is 5.80. The van der Waals surface area contributed by atoms with Crippen LogP contribution in [0, 0.1) is 6.92 Å². The van der Waals surface area contributed by atoms with Gasteiger partial charge in [-0.3, -0.25) is 0 Å². The largest absolute Gasteiger partial charge is 0.464 e. The Morgan fingerprint density at radius 3 is 2.70 bits per heavy atom. The lowest BCUT2D eigenvalue weighted by molar-refractivity contribution is 0.00702. The molecule has 3 nitrogen and oxygen atoms in total. The molecule has 0 radical (unpaired) electrons. The van der Waals surface area contributed by atoms with Crippen molar-refractivity contribution >= 4 is 15.9 Å². The molecule has 1 heterocycles. The maximum atomic E-state index is 6.16. The normalized spacial score (nSPS) is 14.2. The number of halogens is 1. The van der Waals surface area contributed by atoms with Gasteiger partial charge in [-0.25, -0.2) is 0 Å². The van der Waals surface area contributed by atoms with E-state index in [2.05, 4.69) is 22.9 Å². The number of nitrogens with two attached hydrogens (primary N) is 1. The number of benzene rings is 1. The summed E-state index contributed by atoms with van der Waals surface area (Å²) in [5, 5.41) is 0. The fourth-order valence-corrected chi connectivity index (χ4v) is 2.50. The molecule has 0 saturated heterocycles. The third kappa shape index (κ3) is 3.95. The Balaban J connectivity index is 2.08. The van der Waals surface area contributed by atoms with Crippen molar-refractivity contribution in [2.24, 2.45) is 5.73 Å². The van der Waals surface area contributed by atoms with Crippen molar-refractivity contribution in [2.45, 2.75) is 39.0 Å². The smallest absolute Gasteiger partial charge is 0.134 e. The molecular weight excluding hydrogens is 318 g/mol. The summed E-state index contributed by atoms with van der Waals surface area (Å²) in [7, 11) is 0. The van der Waals surface area contributed by atoms with Crippen LogP contribution in [0.15, 0.2) is 45.3 Å². The Kier molecular flexibility index (Phi) is 5.40. The summed E-state index contributed by atoms with van der Waals surface area (Å²) in [6, 6.07) is 11.9. The first-order valence-corrected chi connectivity index (χ1v) is 7.57. The highest BCUT2D eigenvalue weighted by molar-refractivity contribution is 9.10. The highest BCUT2D eigenvalue weighted by Gasteiger charge is 2.22. The lowest BCUT2D eigenvalue weighted by atomic mass is 10.1. The minimum absolute atomic E-state index is 0.0762. The average molecular weight is 338 g/mol. The summed E-state index contributed by atoms with van der Waals surface area (Å²) < 4.78 is 12.7. The van der Waals surface area contributed by atoms with E-state index < -0.39 is 0 Å². The van der Waals surface area contributed by atoms with Crippen LogP contribution in [-0.2, 0) is 11.3 Å². The van der Waals surface area contributed by atoms with E-state index in [-0.39, 0.29) is 12.1 Å². The molecule has 20 heavy (non-hydrogen) atoms. The van der Waals surface area contributed by atoms with Gasteiger partial charge in [-0.15, -0.1) is 0 Å². The van der Waals surface area contributed by atoms with Crippen LogP contribution in [0.4, 0.5) is 0 Å². The molecule has 0 aliphatic rings. The minimum atomic E-state index is -0.215. The molecule has 108 valence electrons.